The summed E-state index contributed by atoms with van der Waals surface area (Å²) in [5.41, 5.74) is 7.93. The van der Waals surface area contributed by atoms with Gasteiger partial charge in [-0.15, -0.1) is 0 Å². The number of aryl methyl sites for hydroxylation is 3. The van der Waals surface area contributed by atoms with Crippen LogP contribution in [0.4, 0.5) is 11.4 Å². The van der Waals surface area contributed by atoms with E-state index in [0.29, 0.717) is 5.92 Å². The molecule has 3 aromatic rings. The van der Waals surface area contributed by atoms with Crippen molar-refractivity contribution in [1.29, 1.82) is 0 Å². The van der Waals surface area contributed by atoms with E-state index in [1.165, 1.54) is 46.5 Å². The maximum absolute atomic E-state index is 3.55. The van der Waals surface area contributed by atoms with Gasteiger partial charge in [0.2, 0.25) is 0 Å². The van der Waals surface area contributed by atoms with Crippen molar-refractivity contribution in [3.05, 3.63) is 95.1 Å². The zero-order valence-electron chi connectivity index (χ0n) is 20.3. The number of hydrogen-bond acceptors (Lipinski definition) is 2. The first-order chi connectivity index (χ1) is 15.5. The molecule has 0 saturated carbocycles. The average Bonchev–Trinajstić information content (AvgIpc) is 2.80. The normalized spacial score (nSPS) is 11.2. The first-order valence-corrected chi connectivity index (χ1v) is 12.2. The summed E-state index contributed by atoms with van der Waals surface area (Å²) in [5.74, 6) is 1.42. The monoisotopic (exact) mass is 428 g/mol. The van der Waals surface area contributed by atoms with E-state index in [0.717, 1.165) is 31.8 Å². The predicted molar refractivity (Wildman–Crippen MR) is 141 cm³/mol. The van der Waals surface area contributed by atoms with E-state index in [1.807, 2.05) is 0 Å². The highest BCUT2D eigenvalue weighted by atomic mass is 14.9. The van der Waals surface area contributed by atoms with E-state index >= 15 is 0 Å². The summed E-state index contributed by atoms with van der Waals surface area (Å²) in [6.45, 7) is 10.9. The van der Waals surface area contributed by atoms with E-state index < -0.39 is 0 Å². The molecule has 0 fully saturated rings. The number of hydrogen-bond donors (Lipinski definition) is 2. The van der Waals surface area contributed by atoms with Gasteiger partial charge in [-0.05, 0) is 84.0 Å². The largest absolute Gasteiger partial charge is 0.385 e. The first kappa shape index (κ1) is 23.9. The van der Waals surface area contributed by atoms with Crippen LogP contribution in [0.2, 0.25) is 0 Å². The quantitative estimate of drug-likeness (QED) is 0.308. The standard InChI is InChI=1S/C30H40N2/c1-23(2)5-6-25-13-19-30(20-14-25)32-22-28-11-9-26(10-12-28)7-8-27-15-17-29(18-16-27)31-21-24(3)4/h9-20,23-24,31-32H,5-8,21-22H2,1-4H3. The van der Waals surface area contributed by atoms with Crippen LogP contribution in [0, 0.1) is 11.8 Å². The lowest BCUT2D eigenvalue weighted by Crippen LogP contribution is -2.07. The van der Waals surface area contributed by atoms with Gasteiger partial charge in [0, 0.05) is 24.5 Å². The lowest BCUT2D eigenvalue weighted by molar-refractivity contribution is 0.587. The fraction of sp³-hybridized carbons (Fsp3) is 0.400. The van der Waals surface area contributed by atoms with Crippen molar-refractivity contribution >= 4 is 11.4 Å². The van der Waals surface area contributed by atoms with Gasteiger partial charge in [-0.2, -0.15) is 0 Å². The summed E-state index contributed by atoms with van der Waals surface area (Å²) in [6, 6.07) is 26.8. The molecule has 0 radical (unpaired) electrons. The molecule has 0 unspecified atom stereocenters. The highest BCUT2D eigenvalue weighted by Crippen LogP contribution is 2.16. The Morgan fingerprint density at radius 1 is 0.500 bits per heavy atom. The summed E-state index contributed by atoms with van der Waals surface area (Å²) < 4.78 is 0. The van der Waals surface area contributed by atoms with Crippen LogP contribution >= 0.6 is 0 Å². The second kappa shape index (κ2) is 12.3. The summed E-state index contributed by atoms with van der Waals surface area (Å²) in [6.07, 6.45) is 4.56. The molecule has 0 bridgehead atoms. The van der Waals surface area contributed by atoms with Crippen molar-refractivity contribution in [3.63, 3.8) is 0 Å². The van der Waals surface area contributed by atoms with Crippen molar-refractivity contribution in [2.24, 2.45) is 11.8 Å². The predicted octanol–water partition coefficient (Wildman–Crippen LogP) is 7.74. The van der Waals surface area contributed by atoms with Crippen molar-refractivity contribution in [2.75, 3.05) is 17.2 Å². The highest BCUT2D eigenvalue weighted by Gasteiger charge is 2.01. The van der Waals surface area contributed by atoms with Gasteiger partial charge in [0.05, 0.1) is 0 Å². The van der Waals surface area contributed by atoms with Crippen LogP contribution in [-0.2, 0) is 25.8 Å². The highest BCUT2D eigenvalue weighted by molar-refractivity contribution is 5.46. The van der Waals surface area contributed by atoms with Crippen LogP contribution in [0.5, 0.6) is 0 Å². The number of rotatable bonds is 12. The van der Waals surface area contributed by atoms with Gasteiger partial charge in [-0.1, -0.05) is 76.2 Å². The van der Waals surface area contributed by atoms with Crippen molar-refractivity contribution < 1.29 is 0 Å². The van der Waals surface area contributed by atoms with E-state index in [9.17, 15) is 0 Å². The first-order valence-electron chi connectivity index (χ1n) is 12.2. The molecule has 2 heteroatoms. The Morgan fingerprint density at radius 2 is 0.938 bits per heavy atom. The molecule has 0 atom stereocenters. The Labute approximate surface area is 195 Å². The molecule has 2 N–H and O–H groups in total. The number of benzene rings is 3. The molecule has 0 amide bonds. The molecule has 0 aliphatic carbocycles. The molecule has 3 rings (SSSR count). The fourth-order valence-electron chi connectivity index (χ4n) is 3.67. The Balaban J connectivity index is 1.42. The third-order valence-corrected chi connectivity index (χ3v) is 5.85. The van der Waals surface area contributed by atoms with Crippen LogP contribution in [0.3, 0.4) is 0 Å². The minimum atomic E-state index is 0.660. The molecule has 0 spiro atoms. The summed E-state index contributed by atoms with van der Waals surface area (Å²) in [4.78, 5) is 0. The van der Waals surface area contributed by atoms with E-state index in [4.69, 9.17) is 0 Å². The summed E-state index contributed by atoms with van der Waals surface area (Å²) in [5, 5.41) is 7.03. The molecule has 2 nitrogen and oxygen atoms in total. The minimum Gasteiger partial charge on any atom is -0.385 e. The number of anilines is 2. The van der Waals surface area contributed by atoms with Crippen LogP contribution in [0.15, 0.2) is 72.8 Å². The van der Waals surface area contributed by atoms with E-state index in [1.54, 1.807) is 0 Å². The topological polar surface area (TPSA) is 24.1 Å². The van der Waals surface area contributed by atoms with Gasteiger partial charge < -0.3 is 10.6 Å². The lowest BCUT2D eigenvalue weighted by atomic mass is 10.0. The SMILES string of the molecule is CC(C)CCc1ccc(NCc2ccc(CCc3ccc(NCC(C)C)cc3)cc2)cc1. The van der Waals surface area contributed by atoms with Gasteiger partial charge in [0.1, 0.15) is 0 Å². The van der Waals surface area contributed by atoms with E-state index in [-0.39, 0.29) is 0 Å². The maximum Gasteiger partial charge on any atom is 0.0400 e. The molecule has 0 aliphatic rings. The minimum absolute atomic E-state index is 0.660. The molecule has 0 heterocycles. The number of nitrogens with one attached hydrogen (secondary N) is 2. The Kier molecular flexibility index (Phi) is 9.22. The zero-order valence-corrected chi connectivity index (χ0v) is 20.3. The van der Waals surface area contributed by atoms with Crippen LogP contribution < -0.4 is 10.6 Å². The third-order valence-electron chi connectivity index (χ3n) is 5.85. The van der Waals surface area contributed by atoms with Gasteiger partial charge in [-0.25, -0.2) is 0 Å². The molecule has 3 aromatic carbocycles. The fourth-order valence-corrected chi connectivity index (χ4v) is 3.67. The van der Waals surface area contributed by atoms with Crippen molar-refractivity contribution in [1.82, 2.24) is 0 Å². The smallest absolute Gasteiger partial charge is 0.0400 e. The lowest BCUT2D eigenvalue weighted by Gasteiger charge is -2.10. The molecule has 170 valence electrons. The zero-order chi connectivity index (χ0) is 22.8. The Morgan fingerprint density at radius 3 is 1.44 bits per heavy atom. The Hall–Kier alpha value is -2.74. The second-order valence-electron chi connectivity index (χ2n) is 9.77. The van der Waals surface area contributed by atoms with Gasteiger partial charge >= 0.3 is 0 Å². The van der Waals surface area contributed by atoms with Gasteiger partial charge in [-0.3, -0.25) is 0 Å². The average molecular weight is 429 g/mol. The van der Waals surface area contributed by atoms with Crippen molar-refractivity contribution in [3.8, 4) is 0 Å². The van der Waals surface area contributed by atoms with Crippen LogP contribution in [0.1, 0.15) is 56.4 Å². The molecular weight excluding hydrogens is 388 g/mol. The third kappa shape index (κ3) is 8.42. The molecule has 0 aliphatic heterocycles. The molecule has 32 heavy (non-hydrogen) atoms. The molecular formula is C30H40N2. The van der Waals surface area contributed by atoms with Crippen LogP contribution in [-0.4, -0.2) is 6.54 Å². The van der Waals surface area contributed by atoms with Gasteiger partial charge in [0.15, 0.2) is 0 Å². The maximum atomic E-state index is 3.55. The summed E-state index contributed by atoms with van der Waals surface area (Å²) in [7, 11) is 0. The second-order valence-corrected chi connectivity index (χ2v) is 9.77. The Bertz CT molecular complexity index is 828. The summed E-state index contributed by atoms with van der Waals surface area (Å²) >= 11 is 0. The van der Waals surface area contributed by atoms with Crippen molar-refractivity contribution in [2.45, 2.75) is 59.9 Å². The van der Waals surface area contributed by atoms with Crippen LogP contribution in [0.25, 0.3) is 0 Å². The molecule has 0 saturated heterocycles. The van der Waals surface area contributed by atoms with E-state index in [2.05, 4.69) is 111 Å². The molecule has 0 aromatic heterocycles. The van der Waals surface area contributed by atoms with Gasteiger partial charge in [0.25, 0.3) is 0 Å².